The number of benzene rings is 1. The number of nitrogens with one attached hydrogen (secondary N) is 2. The predicted molar refractivity (Wildman–Crippen MR) is 105 cm³/mol. The van der Waals surface area contributed by atoms with Gasteiger partial charge in [0.1, 0.15) is 6.04 Å². The number of nitrogens with zero attached hydrogens (tertiary/aromatic N) is 1. The Morgan fingerprint density at radius 2 is 1.89 bits per heavy atom. The van der Waals surface area contributed by atoms with E-state index in [4.69, 9.17) is 23.2 Å². The summed E-state index contributed by atoms with van der Waals surface area (Å²) in [4.78, 5) is 24.6. The number of aliphatic hydroxyl groups is 1. The van der Waals surface area contributed by atoms with Gasteiger partial charge in [-0.25, -0.2) is 5.01 Å². The van der Waals surface area contributed by atoms with Crippen molar-refractivity contribution in [2.24, 2.45) is 11.8 Å². The Morgan fingerprint density at radius 1 is 1.19 bits per heavy atom. The molecule has 6 nitrogen and oxygen atoms in total. The largest absolute Gasteiger partial charge is 0.391 e. The molecular weight excluding hydrogens is 389 g/mol. The first-order valence-corrected chi connectivity index (χ1v) is 9.84. The van der Waals surface area contributed by atoms with Crippen molar-refractivity contribution in [3.8, 4) is 0 Å². The third kappa shape index (κ3) is 3.85. The van der Waals surface area contributed by atoms with E-state index in [1.165, 1.54) is 0 Å². The first kappa shape index (κ1) is 20.1. The highest BCUT2D eigenvalue weighted by atomic mass is 35.5. The maximum atomic E-state index is 12.5. The van der Waals surface area contributed by atoms with Crippen LogP contribution in [0.15, 0.2) is 30.4 Å². The summed E-state index contributed by atoms with van der Waals surface area (Å²) in [5, 5.41) is 15.8. The maximum absolute atomic E-state index is 12.5. The number of hydrogen-bond acceptors (Lipinski definition) is 5. The second kappa shape index (κ2) is 8.19. The van der Waals surface area contributed by atoms with Crippen LogP contribution in [0.3, 0.4) is 0 Å². The molecular formula is C19H23Cl2N3O3. The monoisotopic (exact) mass is 411 g/mol. The topological polar surface area (TPSA) is 81.7 Å². The van der Waals surface area contributed by atoms with Crippen LogP contribution in [0.5, 0.6) is 0 Å². The van der Waals surface area contributed by atoms with E-state index in [9.17, 15) is 14.7 Å². The number of amides is 2. The normalized spacial score (nSPS) is 26.2. The van der Waals surface area contributed by atoms with Crippen molar-refractivity contribution in [2.75, 3.05) is 5.43 Å². The van der Waals surface area contributed by atoms with Gasteiger partial charge in [-0.2, -0.15) is 0 Å². The number of halogens is 2. The van der Waals surface area contributed by atoms with E-state index < -0.39 is 30.0 Å². The Hall–Kier alpha value is -1.60. The van der Waals surface area contributed by atoms with Gasteiger partial charge in [0, 0.05) is 5.02 Å². The number of carbonyl (C=O) groups is 2. The van der Waals surface area contributed by atoms with Gasteiger partial charge in [-0.1, -0.05) is 62.0 Å². The van der Waals surface area contributed by atoms with Crippen molar-refractivity contribution in [3.63, 3.8) is 0 Å². The summed E-state index contributed by atoms with van der Waals surface area (Å²) in [5.41, 5.74) is 3.70. The molecule has 1 saturated heterocycles. The number of rotatable bonds is 6. The van der Waals surface area contributed by atoms with E-state index in [1.807, 2.05) is 13.8 Å². The van der Waals surface area contributed by atoms with Crippen LogP contribution < -0.4 is 10.7 Å². The molecule has 2 aliphatic rings. The number of hydrazine groups is 1. The molecule has 1 aromatic rings. The van der Waals surface area contributed by atoms with Gasteiger partial charge in [-0.3, -0.25) is 14.9 Å². The number of carbonyl (C=O) groups excluding carboxylic acids is 2. The second-order valence-electron chi connectivity index (χ2n) is 6.91. The minimum Gasteiger partial charge on any atom is -0.391 e. The van der Waals surface area contributed by atoms with Gasteiger partial charge in [0.25, 0.3) is 0 Å². The third-order valence-electron chi connectivity index (χ3n) is 5.36. The fourth-order valence-corrected chi connectivity index (χ4v) is 4.23. The molecule has 2 heterocycles. The summed E-state index contributed by atoms with van der Waals surface area (Å²) in [7, 11) is 0. The molecule has 0 radical (unpaired) electrons. The van der Waals surface area contributed by atoms with Crippen molar-refractivity contribution >= 4 is 40.7 Å². The van der Waals surface area contributed by atoms with Crippen LogP contribution in [-0.4, -0.2) is 40.1 Å². The minimum atomic E-state index is -0.761. The molecule has 1 aromatic carbocycles. The van der Waals surface area contributed by atoms with Crippen molar-refractivity contribution in [1.82, 2.24) is 10.3 Å². The highest BCUT2D eigenvalue weighted by molar-refractivity contribution is 6.36. The summed E-state index contributed by atoms with van der Waals surface area (Å²) in [5.74, 6) is -1.29. The number of aliphatic hydroxyl groups excluding tert-OH is 1. The minimum absolute atomic E-state index is 0.0568. The molecule has 2 aliphatic heterocycles. The van der Waals surface area contributed by atoms with Crippen LogP contribution in [0.25, 0.3) is 0 Å². The van der Waals surface area contributed by atoms with Crippen molar-refractivity contribution in [3.05, 3.63) is 40.4 Å². The van der Waals surface area contributed by atoms with Crippen LogP contribution in [0.1, 0.15) is 26.7 Å². The average molecular weight is 412 g/mol. The number of hydrogen-bond donors (Lipinski definition) is 3. The lowest BCUT2D eigenvalue weighted by Crippen LogP contribution is -2.58. The lowest BCUT2D eigenvalue weighted by molar-refractivity contribution is -0.126. The molecule has 0 aromatic heterocycles. The Morgan fingerprint density at radius 3 is 2.52 bits per heavy atom. The van der Waals surface area contributed by atoms with E-state index in [1.54, 1.807) is 35.4 Å². The summed E-state index contributed by atoms with van der Waals surface area (Å²) >= 11 is 12.2. The average Bonchev–Trinajstić information content (AvgIpc) is 2.93. The Kier molecular flexibility index (Phi) is 6.11. The van der Waals surface area contributed by atoms with Gasteiger partial charge < -0.3 is 10.5 Å². The molecule has 27 heavy (non-hydrogen) atoms. The van der Waals surface area contributed by atoms with Gasteiger partial charge in [0.2, 0.25) is 11.8 Å². The fraction of sp³-hybridized carbons (Fsp3) is 0.474. The SMILES string of the molecule is CCC(CC)C(O)C1C=CC2C(=O)NC(=O)C2N1Nc1ccc(Cl)cc1Cl. The smallest absolute Gasteiger partial charge is 0.246 e. The van der Waals surface area contributed by atoms with E-state index in [2.05, 4.69) is 10.7 Å². The summed E-state index contributed by atoms with van der Waals surface area (Å²) < 4.78 is 0. The van der Waals surface area contributed by atoms with Crippen LogP contribution in [0.4, 0.5) is 5.69 Å². The number of imide groups is 1. The van der Waals surface area contributed by atoms with E-state index >= 15 is 0 Å². The summed E-state index contributed by atoms with van der Waals surface area (Å²) in [6.07, 6.45) is 4.40. The van der Waals surface area contributed by atoms with E-state index in [0.29, 0.717) is 15.7 Å². The maximum Gasteiger partial charge on any atom is 0.246 e. The predicted octanol–water partition coefficient (Wildman–Crippen LogP) is 3.00. The lowest BCUT2D eigenvalue weighted by Gasteiger charge is -2.42. The molecule has 0 spiro atoms. The molecule has 1 fully saturated rings. The first-order chi connectivity index (χ1) is 12.9. The molecule has 4 atom stereocenters. The first-order valence-electron chi connectivity index (χ1n) is 9.08. The molecule has 146 valence electrons. The van der Waals surface area contributed by atoms with Gasteiger partial charge in [-0.05, 0) is 24.1 Å². The molecule has 2 amide bonds. The van der Waals surface area contributed by atoms with E-state index in [-0.39, 0.29) is 11.8 Å². The standard InChI is InChI=1S/C19H23Cl2N3O3/c1-3-10(4-2)17(25)15-8-6-12-16(19(27)22-18(12)26)24(15)23-14-7-5-11(20)9-13(14)21/h5-10,12,15-17,23,25H,3-4H2,1-2H3,(H,22,26,27). The van der Waals surface area contributed by atoms with Crippen LogP contribution in [0.2, 0.25) is 10.0 Å². The Labute approximate surface area is 168 Å². The van der Waals surface area contributed by atoms with Crippen molar-refractivity contribution in [1.29, 1.82) is 0 Å². The molecule has 3 rings (SSSR count). The lowest BCUT2D eigenvalue weighted by atomic mass is 9.86. The number of fused-ring (bicyclic) bond motifs is 1. The fourth-order valence-electron chi connectivity index (χ4n) is 3.78. The summed E-state index contributed by atoms with van der Waals surface area (Å²) in [6, 6.07) is 3.73. The van der Waals surface area contributed by atoms with Gasteiger partial charge in [-0.15, -0.1) is 0 Å². The third-order valence-corrected chi connectivity index (χ3v) is 5.90. The van der Waals surface area contributed by atoms with Crippen molar-refractivity contribution < 1.29 is 14.7 Å². The van der Waals surface area contributed by atoms with Crippen LogP contribution in [0, 0.1) is 11.8 Å². The highest BCUT2D eigenvalue weighted by Gasteiger charge is 2.50. The Balaban J connectivity index is 1.98. The molecule has 8 heteroatoms. The molecule has 0 bridgehead atoms. The van der Waals surface area contributed by atoms with Crippen LogP contribution in [-0.2, 0) is 9.59 Å². The molecule has 4 unspecified atom stereocenters. The van der Waals surface area contributed by atoms with Gasteiger partial charge in [0.05, 0.1) is 28.8 Å². The van der Waals surface area contributed by atoms with Gasteiger partial charge >= 0.3 is 0 Å². The molecule has 0 aliphatic carbocycles. The van der Waals surface area contributed by atoms with Gasteiger partial charge in [0.15, 0.2) is 0 Å². The quantitative estimate of drug-likeness (QED) is 0.495. The molecule has 3 N–H and O–H groups in total. The zero-order valence-corrected chi connectivity index (χ0v) is 16.7. The van der Waals surface area contributed by atoms with Crippen LogP contribution >= 0.6 is 23.2 Å². The molecule has 0 saturated carbocycles. The second-order valence-corrected chi connectivity index (χ2v) is 7.75. The summed E-state index contributed by atoms with van der Waals surface area (Å²) in [6.45, 7) is 4.04. The zero-order chi connectivity index (χ0) is 19.7. The van der Waals surface area contributed by atoms with E-state index in [0.717, 1.165) is 12.8 Å². The van der Waals surface area contributed by atoms with Crippen molar-refractivity contribution in [2.45, 2.75) is 44.9 Å². The number of anilines is 1. The zero-order valence-electron chi connectivity index (χ0n) is 15.2. The Bertz CT molecular complexity index is 767. The highest BCUT2D eigenvalue weighted by Crippen LogP contribution is 2.34.